The van der Waals surface area contributed by atoms with E-state index in [0.717, 1.165) is 18.2 Å². The summed E-state index contributed by atoms with van der Waals surface area (Å²) in [5.74, 6) is -0.130. The van der Waals surface area contributed by atoms with Gasteiger partial charge in [-0.2, -0.15) is 13.2 Å². The number of alkyl halides is 3. The van der Waals surface area contributed by atoms with Crippen molar-refractivity contribution < 1.29 is 47.5 Å². The highest BCUT2D eigenvalue weighted by Gasteiger charge is 2.44. The predicted molar refractivity (Wildman–Crippen MR) is 81.9 cm³/mol. The molecule has 4 N–H and O–H groups in total. The number of hydrogen-bond donors (Lipinski definition) is 4. The average Bonchev–Trinajstić information content (AvgIpc) is 2.60. The third kappa shape index (κ3) is 3.77. The van der Waals surface area contributed by atoms with E-state index in [1.807, 2.05) is 0 Å². The van der Waals surface area contributed by atoms with Crippen LogP contribution in [0.3, 0.4) is 0 Å². The van der Waals surface area contributed by atoms with Gasteiger partial charge in [-0.1, -0.05) is 0 Å². The summed E-state index contributed by atoms with van der Waals surface area (Å²) in [4.78, 5) is 11.4. The molecule has 1 aromatic heterocycles. The van der Waals surface area contributed by atoms with Crippen molar-refractivity contribution in [2.45, 2.75) is 36.9 Å². The van der Waals surface area contributed by atoms with Crippen LogP contribution in [0.25, 0.3) is 11.0 Å². The largest absolute Gasteiger partial charge is 0.462 e. The molecule has 1 aliphatic rings. The number of rotatable bonds is 3. The molecule has 0 saturated carbocycles. The van der Waals surface area contributed by atoms with Gasteiger partial charge >= 0.3 is 11.8 Å². The molecule has 2 aromatic rings. The van der Waals surface area contributed by atoms with Crippen molar-refractivity contribution in [1.82, 2.24) is 0 Å². The summed E-state index contributed by atoms with van der Waals surface area (Å²) in [5.41, 5.74) is -2.79. The molecule has 2 heterocycles. The Balaban J connectivity index is 1.93. The highest BCUT2D eigenvalue weighted by molar-refractivity contribution is 5.82. The first-order valence-corrected chi connectivity index (χ1v) is 7.74. The summed E-state index contributed by atoms with van der Waals surface area (Å²) in [6.45, 7) is -0.674. The molecule has 5 atom stereocenters. The minimum atomic E-state index is -4.77. The Hall–Kier alpha value is -2.18. The lowest BCUT2D eigenvalue weighted by Crippen LogP contribution is -2.60. The molecule has 0 aliphatic carbocycles. The highest BCUT2D eigenvalue weighted by atomic mass is 19.4. The molecule has 11 heteroatoms. The molecule has 0 bridgehead atoms. The van der Waals surface area contributed by atoms with E-state index < -0.39 is 60.3 Å². The molecule has 27 heavy (non-hydrogen) atoms. The van der Waals surface area contributed by atoms with Gasteiger partial charge in [0.2, 0.25) is 6.29 Å². The Morgan fingerprint density at radius 3 is 2.41 bits per heavy atom. The summed E-state index contributed by atoms with van der Waals surface area (Å²) in [6, 6.07) is 3.47. The van der Waals surface area contributed by atoms with Crippen LogP contribution in [0.2, 0.25) is 0 Å². The summed E-state index contributed by atoms with van der Waals surface area (Å²) < 4.78 is 54.3. The molecule has 1 fully saturated rings. The second-order valence-electron chi connectivity index (χ2n) is 5.95. The van der Waals surface area contributed by atoms with Crippen LogP contribution in [0.1, 0.15) is 5.56 Å². The van der Waals surface area contributed by atoms with Gasteiger partial charge in [0.1, 0.15) is 35.7 Å². The van der Waals surface area contributed by atoms with Crippen LogP contribution in [0, 0.1) is 0 Å². The smallest absolute Gasteiger partial charge is 0.417 e. The third-order valence-corrected chi connectivity index (χ3v) is 4.12. The van der Waals surface area contributed by atoms with Crippen LogP contribution < -0.4 is 10.4 Å². The zero-order valence-electron chi connectivity index (χ0n) is 13.5. The van der Waals surface area contributed by atoms with Crippen molar-refractivity contribution in [3.63, 3.8) is 0 Å². The zero-order chi connectivity index (χ0) is 19.9. The zero-order valence-corrected chi connectivity index (χ0v) is 13.5. The molecule has 1 aliphatic heterocycles. The van der Waals surface area contributed by atoms with Gasteiger partial charge in [-0.3, -0.25) is 0 Å². The molecular weight excluding hydrogens is 377 g/mol. The van der Waals surface area contributed by atoms with Crippen molar-refractivity contribution in [2.75, 3.05) is 6.61 Å². The average molecular weight is 392 g/mol. The van der Waals surface area contributed by atoms with E-state index in [2.05, 4.69) is 0 Å². The molecule has 1 aromatic carbocycles. The number of aliphatic hydroxyl groups excluding tert-OH is 4. The van der Waals surface area contributed by atoms with Crippen LogP contribution in [-0.2, 0) is 10.9 Å². The standard InChI is InChI=1S/C16H15F3O8/c17-16(18,19)8-4-11(21)26-9-3-6(1-2-7(8)9)25-15-14(24)13(23)12(22)10(5-20)27-15/h1-4,10,12-15,20,22-24H,5H2/t10?,12-,13+,14?,15+/m0/s1. The normalized spacial score (nSPS) is 29.1. The molecule has 0 spiro atoms. The SMILES string of the molecule is O=c1cc(C(F)(F)F)c2ccc(O[C@@H]3OC(CO)[C@H](O)[C@@H](O)C3O)cc2o1. The number of hydrogen-bond acceptors (Lipinski definition) is 8. The van der Waals surface area contributed by atoms with Gasteiger partial charge < -0.3 is 34.3 Å². The van der Waals surface area contributed by atoms with Crippen molar-refractivity contribution in [3.8, 4) is 5.75 Å². The van der Waals surface area contributed by atoms with E-state index >= 15 is 0 Å². The van der Waals surface area contributed by atoms with E-state index in [0.29, 0.717) is 6.07 Å². The Bertz CT molecular complexity index is 878. The Morgan fingerprint density at radius 1 is 1.07 bits per heavy atom. The molecule has 1 saturated heterocycles. The second-order valence-corrected chi connectivity index (χ2v) is 5.95. The molecular formula is C16H15F3O8. The lowest BCUT2D eigenvalue weighted by atomic mass is 9.99. The van der Waals surface area contributed by atoms with E-state index in [9.17, 15) is 33.3 Å². The van der Waals surface area contributed by atoms with Crippen molar-refractivity contribution >= 4 is 11.0 Å². The second kappa shape index (κ2) is 7.09. The number of aliphatic hydroxyl groups is 4. The van der Waals surface area contributed by atoms with Gasteiger partial charge in [-0.05, 0) is 12.1 Å². The fourth-order valence-electron chi connectivity index (χ4n) is 2.75. The predicted octanol–water partition coefficient (Wildman–Crippen LogP) is -0.00950. The number of halogens is 3. The molecule has 3 rings (SSSR count). The summed E-state index contributed by atoms with van der Waals surface area (Å²) in [6.07, 6.45) is -12.5. The topological polar surface area (TPSA) is 130 Å². The Kier molecular flexibility index (Phi) is 5.14. The number of benzene rings is 1. The minimum absolute atomic E-state index is 0.130. The minimum Gasteiger partial charge on any atom is -0.462 e. The number of ether oxygens (including phenoxy) is 2. The van der Waals surface area contributed by atoms with Gasteiger partial charge in [-0.25, -0.2) is 4.79 Å². The quantitative estimate of drug-likeness (QED) is 0.537. The summed E-state index contributed by atoms with van der Waals surface area (Å²) in [5, 5.41) is 38.1. The van der Waals surface area contributed by atoms with Crippen molar-refractivity contribution in [3.05, 3.63) is 40.2 Å². The maximum atomic E-state index is 13.0. The van der Waals surface area contributed by atoms with Crippen LogP contribution in [0.4, 0.5) is 13.2 Å². The first-order chi connectivity index (χ1) is 12.6. The third-order valence-electron chi connectivity index (χ3n) is 4.12. The molecule has 8 nitrogen and oxygen atoms in total. The van der Waals surface area contributed by atoms with E-state index in [4.69, 9.17) is 19.0 Å². The van der Waals surface area contributed by atoms with Crippen LogP contribution >= 0.6 is 0 Å². The van der Waals surface area contributed by atoms with Crippen LogP contribution in [-0.4, -0.2) is 57.7 Å². The highest BCUT2D eigenvalue weighted by Crippen LogP contribution is 2.35. The van der Waals surface area contributed by atoms with Gasteiger partial charge in [0.15, 0.2) is 0 Å². The van der Waals surface area contributed by atoms with E-state index in [1.54, 1.807) is 0 Å². The van der Waals surface area contributed by atoms with Gasteiger partial charge in [0, 0.05) is 17.5 Å². The first kappa shape index (κ1) is 19.6. The maximum Gasteiger partial charge on any atom is 0.417 e. The van der Waals surface area contributed by atoms with Crippen molar-refractivity contribution in [2.24, 2.45) is 0 Å². The van der Waals surface area contributed by atoms with Crippen LogP contribution in [0.15, 0.2) is 33.5 Å². The first-order valence-electron chi connectivity index (χ1n) is 7.74. The molecule has 0 amide bonds. The monoisotopic (exact) mass is 392 g/mol. The van der Waals surface area contributed by atoms with Crippen molar-refractivity contribution in [1.29, 1.82) is 0 Å². The number of fused-ring (bicyclic) bond motifs is 1. The fraction of sp³-hybridized carbons (Fsp3) is 0.438. The van der Waals surface area contributed by atoms with E-state index in [1.165, 1.54) is 0 Å². The maximum absolute atomic E-state index is 13.0. The molecule has 148 valence electrons. The van der Waals surface area contributed by atoms with E-state index in [-0.39, 0.29) is 11.1 Å². The molecule has 2 unspecified atom stereocenters. The lowest BCUT2D eigenvalue weighted by molar-refractivity contribution is -0.277. The van der Waals surface area contributed by atoms with Gasteiger partial charge in [0.25, 0.3) is 0 Å². The Labute approximate surface area is 149 Å². The molecule has 0 radical (unpaired) electrons. The Morgan fingerprint density at radius 2 is 1.78 bits per heavy atom. The van der Waals surface area contributed by atoms with Crippen LogP contribution in [0.5, 0.6) is 5.75 Å². The summed E-state index contributed by atoms with van der Waals surface area (Å²) in [7, 11) is 0. The lowest BCUT2D eigenvalue weighted by Gasteiger charge is -2.39. The fourth-order valence-corrected chi connectivity index (χ4v) is 2.75. The summed E-state index contributed by atoms with van der Waals surface area (Å²) >= 11 is 0. The van der Waals surface area contributed by atoms with Gasteiger partial charge in [-0.15, -0.1) is 0 Å². The van der Waals surface area contributed by atoms with Gasteiger partial charge in [0.05, 0.1) is 12.2 Å².